The topological polar surface area (TPSA) is 107 Å². The summed E-state index contributed by atoms with van der Waals surface area (Å²) in [4.78, 5) is 0. The number of phenols is 1. The van der Waals surface area contributed by atoms with E-state index in [1.165, 1.54) is 0 Å². The summed E-state index contributed by atoms with van der Waals surface area (Å²) >= 11 is -3.69. The van der Waals surface area contributed by atoms with Crippen LogP contribution >= 0.6 is 0 Å². The number of anilines is 1. The molecule has 1 unspecified atom stereocenters. The molecular formula is C6H8AsNNaO4. The Morgan fingerprint density at radius 1 is 1.38 bits per heavy atom. The van der Waals surface area contributed by atoms with Gasteiger partial charge in [0.1, 0.15) is 5.75 Å². The van der Waals surface area contributed by atoms with Gasteiger partial charge in [0.2, 0.25) is 0 Å². The SMILES string of the molecule is Nc1ccccc1O.O=[As]([O-])O.[Na+]. The molecule has 1 atom stereocenters. The van der Waals surface area contributed by atoms with Crippen LogP contribution in [0.4, 0.5) is 5.69 Å². The second-order valence-corrected chi connectivity index (χ2v) is 2.79. The maximum absolute atomic E-state index is 8.79. The molecule has 0 heterocycles. The summed E-state index contributed by atoms with van der Waals surface area (Å²) < 4.78 is 24.4. The first-order valence-electron chi connectivity index (χ1n) is 2.90. The zero-order valence-corrected chi connectivity index (χ0v) is 10.9. The minimum atomic E-state index is -3.69. The van der Waals surface area contributed by atoms with E-state index in [2.05, 4.69) is 0 Å². The Morgan fingerprint density at radius 2 is 1.77 bits per heavy atom. The minimum absolute atomic E-state index is 0. The summed E-state index contributed by atoms with van der Waals surface area (Å²) in [5.74, 6) is 0.146. The molecule has 0 aliphatic rings. The van der Waals surface area contributed by atoms with Crippen LogP contribution in [0.1, 0.15) is 0 Å². The second-order valence-electron chi connectivity index (χ2n) is 1.80. The average molecular weight is 256 g/mol. The van der Waals surface area contributed by atoms with E-state index < -0.39 is 15.3 Å². The van der Waals surface area contributed by atoms with Crippen molar-refractivity contribution >= 4 is 21.0 Å². The fourth-order valence-electron chi connectivity index (χ4n) is 0.488. The number of rotatable bonds is 0. The van der Waals surface area contributed by atoms with Crippen LogP contribution in [0.15, 0.2) is 24.3 Å². The molecule has 7 heteroatoms. The van der Waals surface area contributed by atoms with Gasteiger partial charge in [0.25, 0.3) is 0 Å². The Hall–Kier alpha value is 0.0984. The molecule has 67 valence electrons. The molecule has 1 aromatic rings. The van der Waals surface area contributed by atoms with Crippen LogP contribution in [0.5, 0.6) is 5.75 Å². The molecule has 0 aromatic heterocycles. The maximum Gasteiger partial charge on any atom is 1.00 e. The van der Waals surface area contributed by atoms with Gasteiger partial charge < -0.3 is 10.8 Å². The van der Waals surface area contributed by atoms with E-state index in [-0.39, 0.29) is 35.3 Å². The Labute approximate surface area is 103 Å². The molecule has 0 bridgehead atoms. The Balaban J connectivity index is 0. The molecular weight excluding hydrogens is 248 g/mol. The summed E-state index contributed by atoms with van der Waals surface area (Å²) in [6, 6.07) is 6.70. The molecule has 13 heavy (non-hydrogen) atoms. The van der Waals surface area contributed by atoms with E-state index in [1.807, 2.05) is 0 Å². The smallest absolute Gasteiger partial charge is 1.00 e. The van der Waals surface area contributed by atoms with Gasteiger partial charge in [0.15, 0.2) is 0 Å². The predicted octanol–water partition coefficient (Wildman–Crippen LogP) is -4.27. The summed E-state index contributed by atoms with van der Waals surface area (Å²) in [5, 5.41) is 8.79. The van der Waals surface area contributed by atoms with E-state index in [1.54, 1.807) is 24.3 Å². The predicted molar refractivity (Wildman–Crippen MR) is 41.2 cm³/mol. The average Bonchev–Trinajstić information content (AvgIpc) is 1.94. The van der Waals surface area contributed by atoms with Crippen molar-refractivity contribution in [1.29, 1.82) is 0 Å². The van der Waals surface area contributed by atoms with E-state index in [0.29, 0.717) is 5.69 Å². The second kappa shape index (κ2) is 8.69. The molecule has 1 rings (SSSR count). The summed E-state index contributed by atoms with van der Waals surface area (Å²) in [7, 11) is 0. The van der Waals surface area contributed by atoms with Crippen molar-refractivity contribution in [2.24, 2.45) is 0 Å². The summed E-state index contributed by atoms with van der Waals surface area (Å²) in [5.41, 5.74) is 5.69. The summed E-state index contributed by atoms with van der Waals surface area (Å²) in [6.07, 6.45) is 0. The molecule has 0 saturated heterocycles. The van der Waals surface area contributed by atoms with Gasteiger partial charge in [0, 0.05) is 0 Å². The van der Waals surface area contributed by atoms with Crippen molar-refractivity contribution in [2.45, 2.75) is 0 Å². The number of nitrogens with two attached hydrogens (primary N) is 1. The van der Waals surface area contributed by atoms with Gasteiger partial charge in [-0.3, -0.25) is 0 Å². The van der Waals surface area contributed by atoms with Crippen molar-refractivity contribution < 1.29 is 46.6 Å². The van der Waals surface area contributed by atoms with E-state index in [0.717, 1.165) is 0 Å². The van der Waals surface area contributed by atoms with Gasteiger partial charge in [-0.15, -0.1) is 0 Å². The normalized spacial score (nSPS) is 8.92. The van der Waals surface area contributed by atoms with Crippen molar-refractivity contribution in [1.82, 2.24) is 0 Å². The maximum atomic E-state index is 8.79. The number of aromatic hydroxyl groups is 1. The van der Waals surface area contributed by atoms with Gasteiger partial charge in [-0.05, 0) is 12.1 Å². The summed E-state index contributed by atoms with van der Waals surface area (Å²) in [6.45, 7) is 0. The third kappa shape index (κ3) is 10.0. The third-order valence-electron chi connectivity index (χ3n) is 0.937. The zero-order valence-electron chi connectivity index (χ0n) is 7.04. The fraction of sp³-hybridized carbons (Fsp3) is 0. The number of hydrogen-bond acceptors (Lipinski definition) is 4. The molecule has 5 nitrogen and oxygen atoms in total. The van der Waals surface area contributed by atoms with E-state index >= 15 is 0 Å². The molecule has 0 amide bonds. The van der Waals surface area contributed by atoms with E-state index in [9.17, 15) is 0 Å². The van der Waals surface area contributed by atoms with Gasteiger partial charge >= 0.3 is 56.8 Å². The van der Waals surface area contributed by atoms with Crippen LogP contribution in [0.2, 0.25) is 0 Å². The van der Waals surface area contributed by atoms with Crippen LogP contribution < -0.4 is 39.4 Å². The number of phenolic OH excluding ortho intramolecular Hbond substituents is 1. The van der Waals surface area contributed by atoms with Crippen molar-refractivity contribution in [3.8, 4) is 5.75 Å². The first kappa shape index (κ1) is 15.6. The molecule has 1 aromatic carbocycles. The van der Waals surface area contributed by atoms with E-state index in [4.69, 9.17) is 22.8 Å². The fourth-order valence-corrected chi connectivity index (χ4v) is 0.488. The van der Waals surface area contributed by atoms with Crippen molar-refractivity contribution in [3.63, 3.8) is 0 Å². The van der Waals surface area contributed by atoms with Crippen molar-refractivity contribution in [2.75, 3.05) is 5.73 Å². The molecule has 0 spiro atoms. The van der Waals surface area contributed by atoms with Crippen LogP contribution in [-0.4, -0.2) is 24.5 Å². The molecule has 4 N–H and O–H groups in total. The first-order chi connectivity index (χ1) is 5.54. The Morgan fingerprint density at radius 3 is 2.00 bits per heavy atom. The number of nitrogen functional groups attached to an aromatic ring is 1. The van der Waals surface area contributed by atoms with Gasteiger partial charge in [-0.1, -0.05) is 12.1 Å². The number of para-hydroxylation sites is 2. The van der Waals surface area contributed by atoms with Gasteiger partial charge in [-0.25, -0.2) is 0 Å². The van der Waals surface area contributed by atoms with Crippen LogP contribution in [-0.2, 0) is 3.74 Å². The van der Waals surface area contributed by atoms with Crippen LogP contribution in [0.3, 0.4) is 0 Å². The largest absolute Gasteiger partial charge is 1.00 e. The van der Waals surface area contributed by atoms with Gasteiger partial charge in [0.05, 0.1) is 5.69 Å². The molecule has 0 saturated carbocycles. The monoisotopic (exact) mass is 256 g/mol. The molecule has 0 fully saturated rings. The minimum Gasteiger partial charge on any atom is 1.00 e. The Bertz CT molecular complexity index is 246. The number of hydrogen-bond donors (Lipinski definition) is 3. The van der Waals surface area contributed by atoms with Crippen molar-refractivity contribution in [3.05, 3.63) is 24.3 Å². The van der Waals surface area contributed by atoms with Crippen LogP contribution in [0.25, 0.3) is 0 Å². The molecule has 0 aliphatic carbocycles. The first-order valence-corrected chi connectivity index (χ1v) is 5.28. The molecule has 0 aliphatic heterocycles. The zero-order chi connectivity index (χ0) is 9.56. The number of benzene rings is 1. The quantitative estimate of drug-likeness (QED) is 0.247. The Kier molecular flexibility index (Phi) is 10.4. The van der Waals surface area contributed by atoms with Gasteiger partial charge in [-0.2, -0.15) is 0 Å². The van der Waals surface area contributed by atoms with Crippen LogP contribution in [0, 0.1) is 0 Å². The third-order valence-corrected chi connectivity index (χ3v) is 0.937. The molecule has 1 radical (unpaired) electrons. The standard InChI is InChI=1S/C6H7NO.AsHO3.Na/c7-5-3-1-2-4-6(5)8;2-1(3)4;/h1-4,8H,7H2;(H-,2,3,4);/q;-1;+1.